The Labute approximate surface area is 105 Å². The van der Waals surface area contributed by atoms with Crippen LogP contribution in [0.2, 0.25) is 0 Å². The van der Waals surface area contributed by atoms with Crippen molar-refractivity contribution in [1.82, 2.24) is 5.32 Å². The fourth-order valence-corrected chi connectivity index (χ4v) is 2.58. The lowest BCUT2D eigenvalue weighted by Gasteiger charge is -2.38. The predicted molar refractivity (Wildman–Crippen MR) is 68.1 cm³/mol. The van der Waals surface area contributed by atoms with Gasteiger partial charge in [0.1, 0.15) is 6.04 Å². The number of carbonyl (C=O) groups is 1. The molecule has 1 rings (SSSR count). The van der Waals surface area contributed by atoms with Gasteiger partial charge in [0.25, 0.3) is 0 Å². The first kappa shape index (κ1) is 14.0. The van der Waals surface area contributed by atoms with Crippen LogP contribution in [0.4, 0.5) is 0 Å². The van der Waals surface area contributed by atoms with Gasteiger partial charge in [-0.3, -0.25) is 4.79 Å². The van der Waals surface area contributed by atoms with Crippen LogP contribution in [0.25, 0.3) is 0 Å². The molecule has 17 heavy (non-hydrogen) atoms. The molecule has 0 bridgehead atoms. The molecule has 0 aromatic carbocycles. The van der Waals surface area contributed by atoms with Crippen molar-refractivity contribution < 1.29 is 4.79 Å². The molecule has 0 spiro atoms. The van der Waals surface area contributed by atoms with Gasteiger partial charge in [-0.25, -0.2) is 0 Å². The maximum atomic E-state index is 12.2. The van der Waals surface area contributed by atoms with Crippen molar-refractivity contribution in [2.24, 2.45) is 17.3 Å². The van der Waals surface area contributed by atoms with Crippen LogP contribution in [0, 0.1) is 28.6 Å². The van der Waals surface area contributed by atoms with E-state index in [1.54, 1.807) is 0 Å². The highest BCUT2D eigenvalue weighted by atomic mass is 16.2. The first-order valence-corrected chi connectivity index (χ1v) is 6.58. The summed E-state index contributed by atoms with van der Waals surface area (Å²) in [5, 5.41) is 11.9. The van der Waals surface area contributed by atoms with Crippen molar-refractivity contribution in [3.63, 3.8) is 0 Å². The number of rotatable bonds is 3. The molecule has 1 N–H and O–H groups in total. The lowest BCUT2D eigenvalue weighted by molar-refractivity contribution is -0.130. The standard InChI is InChI=1S/C14H24N2O/c1-10(2)12(9-15)16-13(17)11-7-5-6-8-14(11,3)4/h10-12H,5-8H2,1-4H3,(H,16,17). The first-order valence-electron chi connectivity index (χ1n) is 6.58. The van der Waals surface area contributed by atoms with E-state index in [1.807, 2.05) is 13.8 Å². The summed E-state index contributed by atoms with van der Waals surface area (Å²) in [6.45, 7) is 8.24. The van der Waals surface area contributed by atoms with Crippen LogP contribution in [-0.4, -0.2) is 11.9 Å². The predicted octanol–water partition coefficient (Wildman–Crippen LogP) is 2.87. The Morgan fingerprint density at radius 1 is 1.41 bits per heavy atom. The van der Waals surface area contributed by atoms with Crippen LogP contribution in [0.15, 0.2) is 0 Å². The van der Waals surface area contributed by atoms with Crippen LogP contribution in [0.3, 0.4) is 0 Å². The smallest absolute Gasteiger partial charge is 0.224 e. The van der Waals surface area contributed by atoms with E-state index in [1.165, 1.54) is 6.42 Å². The van der Waals surface area contributed by atoms with Crippen molar-refractivity contribution in [3.05, 3.63) is 0 Å². The van der Waals surface area contributed by atoms with Gasteiger partial charge in [0.05, 0.1) is 6.07 Å². The van der Waals surface area contributed by atoms with Crippen molar-refractivity contribution in [2.75, 3.05) is 0 Å². The molecule has 0 saturated heterocycles. The summed E-state index contributed by atoms with van der Waals surface area (Å²) in [4.78, 5) is 12.2. The van der Waals surface area contributed by atoms with Gasteiger partial charge in [0.2, 0.25) is 5.91 Å². The van der Waals surface area contributed by atoms with Crippen LogP contribution < -0.4 is 5.32 Å². The third kappa shape index (κ3) is 3.46. The fourth-order valence-electron chi connectivity index (χ4n) is 2.58. The molecule has 3 heteroatoms. The van der Waals surface area contributed by atoms with Crippen molar-refractivity contribution >= 4 is 5.91 Å². The fraction of sp³-hybridized carbons (Fsp3) is 0.857. The van der Waals surface area contributed by atoms with E-state index in [-0.39, 0.29) is 29.2 Å². The van der Waals surface area contributed by atoms with E-state index >= 15 is 0 Å². The minimum Gasteiger partial charge on any atom is -0.340 e. The van der Waals surface area contributed by atoms with E-state index in [9.17, 15) is 4.79 Å². The number of carbonyl (C=O) groups excluding carboxylic acids is 1. The average molecular weight is 236 g/mol. The second kappa shape index (κ2) is 5.53. The van der Waals surface area contributed by atoms with Crippen LogP contribution in [0.5, 0.6) is 0 Å². The first-order chi connectivity index (χ1) is 7.88. The van der Waals surface area contributed by atoms with Crippen LogP contribution in [-0.2, 0) is 4.79 Å². The number of hydrogen-bond donors (Lipinski definition) is 1. The normalized spacial score (nSPS) is 25.1. The summed E-state index contributed by atoms with van der Waals surface area (Å²) < 4.78 is 0. The molecule has 3 nitrogen and oxygen atoms in total. The monoisotopic (exact) mass is 236 g/mol. The van der Waals surface area contributed by atoms with E-state index in [2.05, 4.69) is 25.2 Å². The Balaban J connectivity index is 2.66. The largest absolute Gasteiger partial charge is 0.340 e. The highest BCUT2D eigenvalue weighted by molar-refractivity contribution is 5.80. The van der Waals surface area contributed by atoms with Gasteiger partial charge in [-0.1, -0.05) is 40.5 Å². The van der Waals surface area contributed by atoms with Gasteiger partial charge in [-0.05, 0) is 24.2 Å². The molecular formula is C14H24N2O. The highest BCUT2D eigenvalue weighted by Crippen LogP contribution is 2.40. The Kier molecular flexibility index (Phi) is 4.56. The third-order valence-corrected chi connectivity index (χ3v) is 3.93. The minimum absolute atomic E-state index is 0.0610. The summed E-state index contributed by atoms with van der Waals surface area (Å²) in [5.41, 5.74) is 0.0688. The van der Waals surface area contributed by atoms with Gasteiger partial charge >= 0.3 is 0 Å². The molecule has 1 aliphatic rings. The molecule has 1 amide bonds. The molecular weight excluding hydrogens is 212 g/mol. The molecule has 0 aliphatic heterocycles. The van der Waals surface area contributed by atoms with Gasteiger partial charge in [0.15, 0.2) is 0 Å². The second-order valence-corrected chi connectivity index (χ2v) is 6.15. The molecule has 2 unspecified atom stereocenters. The molecule has 1 saturated carbocycles. The summed E-state index contributed by atoms with van der Waals surface area (Å²) in [5.74, 6) is 0.288. The molecule has 0 aromatic rings. The maximum Gasteiger partial charge on any atom is 0.224 e. The van der Waals surface area contributed by atoms with Crippen LogP contribution >= 0.6 is 0 Å². The van der Waals surface area contributed by atoms with Gasteiger partial charge in [-0.2, -0.15) is 5.26 Å². The van der Waals surface area contributed by atoms with Crippen molar-refractivity contribution in [1.29, 1.82) is 5.26 Å². The summed E-state index contributed by atoms with van der Waals surface area (Å²) in [7, 11) is 0. The molecule has 1 aliphatic carbocycles. The van der Waals surface area contributed by atoms with Crippen molar-refractivity contribution in [3.8, 4) is 6.07 Å². The topological polar surface area (TPSA) is 52.9 Å². The number of hydrogen-bond acceptors (Lipinski definition) is 2. The highest BCUT2D eigenvalue weighted by Gasteiger charge is 2.37. The quantitative estimate of drug-likeness (QED) is 0.819. The van der Waals surface area contributed by atoms with E-state index in [4.69, 9.17) is 5.26 Å². The zero-order valence-corrected chi connectivity index (χ0v) is 11.4. The number of amides is 1. The number of nitriles is 1. The lowest BCUT2D eigenvalue weighted by Crippen LogP contribution is -2.46. The number of nitrogens with one attached hydrogen (secondary N) is 1. The van der Waals surface area contributed by atoms with E-state index < -0.39 is 0 Å². The SMILES string of the molecule is CC(C)C(C#N)NC(=O)C1CCCCC1(C)C. The molecule has 1 fully saturated rings. The van der Waals surface area contributed by atoms with Crippen LogP contribution in [0.1, 0.15) is 53.4 Å². The molecule has 2 atom stereocenters. The Bertz CT molecular complexity index is 315. The Morgan fingerprint density at radius 3 is 2.53 bits per heavy atom. The Morgan fingerprint density at radius 2 is 2.06 bits per heavy atom. The zero-order valence-electron chi connectivity index (χ0n) is 11.4. The van der Waals surface area contributed by atoms with E-state index in [0.29, 0.717) is 0 Å². The molecule has 96 valence electrons. The van der Waals surface area contributed by atoms with Crippen molar-refractivity contribution in [2.45, 2.75) is 59.4 Å². The van der Waals surface area contributed by atoms with Gasteiger partial charge in [-0.15, -0.1) is 0 Å². The second-order valence-electron chi connectivity index (χ2n) is 6.15. The minimum atomic E-state index is -0.361. The lowest BCUT2D eigenvalue weighted by atomic mass is 9.68. The molecule has 0 aromatic heterocycles. The molecule has 0 radical (unpaired) electrons. The van der Waals surface area contributed by atoms with Gasteiger partial charge < -0.3 is 5.32 Å². The summed E-state index contributed by atoms with van der Waals surface area (Å²) >= 11 is 0. The maximum absolute atomic E-state index is 12.2. The number of nitrogens with zero attached hydrogens (tertiary/aromatic N) is 1. The van der Waals surface area contributed by atoms with E-state index in [0.717, 1.165) is 19.3 Å². The average Bonchev–Trinajstić information content (AvgIpc) is 2.24. The Hall–Kier alpha value is -1.04. The van der Waals surface area contributed by atoms with Gasteiger partial charge in [0, 0.05) is 5.92 Å². The third-order valence-electron chi connectivity index (χ3n) is 3.93. The molecule has 0 heterocycles. The summed E-state index contributed by atoms with van der Waals surface area (Å²) in [6.07, 6.45) is 4.39. The zero-order chi connectivity index (χ0) is 13.1. The summed E-state index contributed by atoms with van der Waals surface area (Å²) in [6, 6.07) is 1.81.